The number of fused-ring (bicyclic) bond motifs is 2. The maximum absolute atomic E-state index is 5.94. The topological polar surface area (TPSA) is 9.23 Å². The van der Waals surface area contributed by atoms with Crippen LogP contribution in [-0.2, 0) is 4.74 Å². The zero-order valence-corrected chi connectivity index (χ0v) is 8.92. The van der Waals surface area contributed by atoms with Crippen molar-refractivity contribution in [2.45, 2.75) is 39.7 Å². The van der Waals surface area contributed by atoms with Gasteiger partial charge in [0.05, 0.1) is 12.7 Å². The highest BCUT2D eigenvalue weighted by Crippen LogP contribution is 2.39. The van der Waals surface area contributed by atoms with Crippen LogP contribution in [0.15, 0.2) is 11.6 Å². The van der Waals surface area contributed by atoms with Crippen molar-refractivity contribution in [3.05, 3.63) is 11.6 Å². The Morgan fingerprint density at radius 2 is 2.23 bits per heavy atom. The Bertz CT molecular complexity index is 217. The number of allylic oxidation sites excluding steroid dienone is 1. The Kier molecular flexibility index (Phi) is 2.46. The molecule has 0 aromatic heterocycles. The predicted octanol–water partition coefficient (Wildman–Crippen LogP) is 3.01. The van der Waals surface area contributed by atoms with Crippen molar-refractivity contribution in [3.63, 3.8) is 0 Å². The Morgan fingerprint density at radius 1 is 1.46 bits per heavy atom. The van der Waals surface area contributed by atoms with Gasteiger partial charge in [0.1, 0.15) is 0 Å². The van der Waals surface area contributed by atoms with E-state index >= 15 is 0 Å². The first kappa shape index (κ1) is 9.26. The van der Waals surface area contributed by atoms with Crippen molar-refractivity contribution in [1.29, 1.82) is 0 Å². The zero-order chi connectivity index (χ0) is 9.42. The summed E-state index contributed by atoms with van der Waals surface area (Å²) in [5.41, 5.74) is 1.56. The van der Waals surface area contributed by atoms with Crippen LogP contribution >= 0.6 is 0 Å². The van der Waals surface area contributed by atoms with Crippen molar-refractivity contribution >= 4 is 0 Å². The molecule has 3 atom stereocenters. The van der Waals surface area contributed by atoms with Crippen LogP contribution in [-0.4, -0.2) is 12.7 Å². The van der Waals surface area contributed by atoms with Crippen LogP contribution in [0.4, 0.5) is 0 Å². The maximum atomic E-state index is 5.94. The summed E-state index contributed by atoms with van der Waals surface area (Å²) in [7, 11) is 0. The fourth-order valence-electron chi connectivity index (χ4n) is 2.69. The first-order valence-electron chi connectivity index (χ1n) is 5.46. The molecule has 0 radical (unpaired) electrons. The molecule has 1 nitrogen and oxygen atoms in total. The molecule has 2 rings (SSSR count). The molecule has 0 N–H and O–H groups in total. The summed E-state index contributed by atoms with van der Waals surface area (Å²) in [5.74, 6) is 2.18. The van der Waals surface area contributed by atoms with E-state index in [1.807, 2.05) is 0 Å². The van der Waals surface area contributed by atoms with Gasteiger partial charge in [0, 0.05) is 5.92 Å². The molecule has 0 aromatic carbocycles. The van der Waals surface area contributed by atoms with Gasteiger partial charge in [-0.3, -0.25) is 0 Å². The van der Waals surface area contributed by atoms with Crippen LogP contribution in [0.5, 0.6) is 0 Å². The standard InChI is InChI=1S/C12H20O/c1-8(2)12-11-6-10(7-13-12)5-4-9(11)3/h4,8,10-12H,5-7H2,1-3H3. The van der Waals surface area contributed by atoms with Crippen LogP contribution in [0.3, 0.4) is 0 Å². The average Bonchev–Trinajstić information content (AvgIpc) is 2.12. The van der Waals surface area contributed by atoms with Crippen molar-refractivity contribution in [2.75, 3.05) is 6.61 Å². The quantitative estimate of drug-likeness (QED) is 0.564. The van der Waals surface area contributed by atoms with Gasteiger partial charge in [-0.25, -0.2) is 0 Å². The maximum Gasteiger partial charge on any atom is 0.0663 e. The minimum absolute atomic E-state index is 0.479. The van der Waals surface area contributed by atoms with Gasteiger partial charge in [0.15, 0.2) is 0 Å². The summed E-state index contributed by atoms with van der Waals surface area (Å²) >= 11 is 0. The molecule has 0 saturated carbocycles. The minimum atomic E-state index is 0.479. The van der Waals surface area contributed by atoms with Gasteiger partial charge in [-0.2, -0.15) is 0 Å². The van der Waals surface area contributed by atoms with Crippen molar-refractivity contribution in [2.24, 2.45) is 17.8 Å². The lowest BCUT2D eigenvalue weighted by Gasteiger charge is -2.41. The van der Waals surface area contributed by atoms with Crippen LogP contribution in [0.2, 0.25) is 0 Å². The van der Waals surface area contributed by atoms with Gasteiger partial charge < -0.3 is 4.74 Å². The fourth-order valence-corrected chi connectivity index (χ4v) is 2.69. The first-order valence-corrected chi connectivity index (χ1v) is 5.46. The number of rotatable bonds is 1. The largest absolute Gasteiger partial charge is 0.377 e. The Hall–Kier alpha value is -0.300. The van der Waals surface area contributed by atoms with E-state index in [4.69, 9.17) is 4.74 Å². The molecule has 74 valence electrons. The van der Waals surface area contributed by atoms with Gasteiger partial charge in [-0.1, -0.05) is 25.5 Å². The van der Waals surface area contributed by atoms with Crippen molar-refractivity contribution in [1.82, 2.24) is 0 Å². The summed E-state index contributed by atoms with van der Waals surface area (Å²) in [6.07, 6.45) is 5.52. The second kappa shape index (κ2) is 3.45. The normalized spacial score (nSPS) is 39.1. The molecule has 1 heteroatoms. The molecule has 1 saturated heterocycles. The van der Waals surface area contributed by atoms with Gasteiger partial charge >= 0.3 is 0 Å². The number of hydrogen-bond acceptors (Lipinski definition) is 1. The second-order valence-electron chi connectivity index (χ2n) is 4.93. The monoisotopic (exact) mass is 180 g/mol. The Morgan fingerprint density at radius 3 is 2.92 bits per heavy atom. The van der Waals surface area contributed by atoms with E-state index < -0.39 is 0 Å². The van der Waals surface area contributed by atoms with E-state index in [9.17, 15) is 0 Å². The van der Waals surface area contributed by atoms with Gasteiger partial charge in [-0.15, -0.1) is 0 Å². The molecule has 3 unspecified atom stereocenters. The Balaban J connectivity index is 2.16. The van der Waals surface area contributed by atoms with E-state index in [2.05, 4.69) is 26.8 Å². The van der Waals surface area contributed by atoms with E-state index in [1.54, 1.807) is 5.57 Å². The summed E-state index contributed by atoms with van der Waals surface area (Å²) in [6.45, 7) is 7.80. The van der Waals surface area contributed by atoms with Crippen LogP contribution in [0, 0.1) is 17.8 Å². The summed E-state index contributed by atoms with van der Waals surface area (Å²) in [5, 5.41) is 0. The third-order valence-corrected chi connectivity index (χ3v) is 3.52. The second-order valence-corrected chi connectivity index (χ2v) is 4.93. The molecule has 1 aliphatic heterocycles. The Labute approximate surface area is 81.2 Å². The van der Waals surface area contributed by atoms with E-state index in [0.717, 1.165) is 12.5 Å². The van der Waals surface area contributed by atoms with Crippen LogP contribution < -0.4 is 0 Å². The highest BCUT2D eigenvalue weighted by atomic mass is 16.5. The van der Waals surface area contributed by atoms with Crippen molar-refractivity contribution in [3.8, 4) is 0 Å². The lowest BCUT2D eigenvalue weighted by atomic mass is 9.74. The third kappa shape index (κ3) is 1.67. The van der Waals surface area contributed by atoms with Gasteiger partial charge in [0.2, 0.25) is 0 Å². The predicted molar refractivity (Wildman–Crippen MR) is 54.5 cm³/mol. The van der Waals surface area contributed by atoms with Crippen LogP contribution in [0.25, 0.3) is 0 Å². The lowest BCUT2D eigenvalue weighted by molar-refractivity contribution is -0.0716. The van der Waals surface area contributed by atoms with E-state index in [-0.39, 0.29) is 0 Å². The molecule has 0 spiro atoms. The highest BCUT2D eigenvalue weighted by molar-refractivity contribution is 5.12. The summed E-state index contributed by atoms with van der Waals surface area (Å²) in [4.78, 5) is 0. The molecular weight excluding hydrogens is 160 g/mol. The lowest BCUT2D eigenvalue weighted by Crippen LogP contribution is -2.40. The molecule has 13 heavy (non-hydrogen) atoms. The molecule has 0 aromatic rings. The van der Waals surface area contributed by atoms with Crippen LogP contribution in [0.1, 0.15) is 33.6 Å². The fraction of sp³-hybridized carbons (Fsp3) is 0.833. The van der Waals surface area contributed by atoms with E-state index in [0.29, 0.717) is 17.9 Å². The molecule has 2 bridgehead atoms. The molecule has 1 aliphatic carbocycles. The molecule has 1 heterocycles. The molecule has 2 aliphatic rings. The molecular formula is C12H20O. The summed E-state index contributed by atoms with van der Waals surface area (Å²) in [6, 6.07) is 0. The molecule has 0 amide bonds. The number of hydrogen-bond donors (Lipinski definition) is 0. The van der Waals surface area contributed by atoms with Crippen molar-refractivity contribution < 1.29 is 4.74 Å². The SMILES string of the molecule is CC1=CCC2COC(C(C)C)C1C2. The summed E-state index contributed by atoms with van der Waals surface area (Å²) < 4.78 is 5.94. The smallest absolute Gasteiger partial charge is 0.0663 e. The first-order chi connectivity index (χ1) is 6.18. The minimum Gasteiger partial charge on any atom is -0.377 e. The van der Waals surface area contributed by atoms with Gasteiger partial charge in [0.25, 0.3) is 0 Å². The highest BCUT2D eigenvalue weighted by Gasteiger charge is 2.35. The molecule has 1 fully saturated rings. The average molecular weight is 180 g/mol. The van der Waals surface area contributed by atoms with Gasteiger partial charge in [-0.05, 0) is 31.6 Å². The zero-order valence-electron chi connectivity index (χ0n) is 8.92. The van der Waals surface area contributed by atoms with E-state index in [1.165, 1.54) is 12.8 Å². The number of ether oxygens (including phenoxy) is 1. The third-order valence-electron chi connectivity index (χ3n) is 3.52.